The minimum Gasteiger partial charge on any atom is -0.0828 e. The third-order valence-corrected chi connectivity index (χ3v) is 1.87. The van der Waals surface area contributed by atoms with Crippen LogP contribution in [0.15, 0.2) is 11.6 Å². The second-order valence-corrected chi connectivity index (χ2v) is 3.13. The van der Waals surface area contributed by atoms with Gasteiger partial charge in [-0.3, -0.25) is 0 Å². The lowest BCUT2D eigenvalue weighted by Crippen LogP contribution is -1.89. The Kier molecular flexibility index (Phi) is 5.38. The van der Waals surface area contributed by atoms with E-state index in [1.165, 1.54) is 24.8 Å². The highest BCUT2D eigenvalue weighted by atomic mass is 14.0. The summed E-state index contributed by atoms with van der Waals surface area (Å²) < 4.78 is 0. The monoisotopic (exact) mass is 140 g/mol. The van der Waals surface area contributed by atoms with Gasteiger partial charge in [-0.1, -0.05) is 38.8 Å². The van der Waals surface area contributed by atoms with Crippen molar-refractivity contribution in [1.82, 2.24) is 0 Å². The molecule has 0 heterocycles. The van der Waals surface area contributed by atoms with E-state index in [2.05, 4.69) is 33.8 Å². The van der Waals surface area contributed by atoms with Gasteiger partial charge in [0, 0.05) is 0 Å². The molecule has 0 heteroatoms. The van der Waals surface area contributed by atoms with E-state index >= 15 is 0 Å². The summed E-state index contributed by atoms with van der Waals surface area (Å²) in [5.74, 6) is 0.782. The van der Waals surface area contributed by atoms with E-state index in [0.29, 0.717) is 0 Å². The summed E-state index contributed by atoms with van der Waals surface area (Å²) in [4.78, 5) is 0. The van der Waals surface area contributed by atoms with E-state index in [1.807, 2.05) is 0 Å². The Labute approximate surface area is 65.3 Å². The van der Waals surface area contributed by atoms with Crippen molar-refractivity contribution < 1.29 is 0 Å². The van der Waals surface area contributed by atoms with E-state index < -0.39 is 0 Å². The van der Waals surface area contributed by atoms with Crippen molar-refractivity contribution in [3.63, 3.8) is 0 Å². The molecule has 0 aromatic rings. The zero-order valence-electron chi connectivity index (χ0n) is 7.78. The highest BCUT2D eigenvalue weighted by molar-refractivity contribution is 4.98. The maximum atomic E-state index is 2.39. The Hall–Kier alpha value is -0.260. The average molecular weight is 140 g/mol. The molecule has 0 aromatic carbocycles. The van der Waals surface area contributed by atoms with Crippen molar-refractivity contribution in [2.45, 2.75) is 47.0 Å². The molecule has 0 aliphatic heterocycles. The first-order valence-corrected chi connectivity index (χ1v) is 4.38. The first kappa shape index (κ1) is 9.74. The topological polar surface area (TPSA) is 0 Å². The van der Waals surface area contributed by atoms with Gasteiger partial charge in [0.2, 0.25) is 0 Å². The molecule has 0 saturated carbocycles. The predicted octanol–water partition coefficient (Wildman–Crippen LogP) is 3.78. The second kappa shape index (κ2) is 5.52. The summed E-state index contributed by atoms with van der Waals surface area (Å²) in [5, 5.41) is 0. The van der Waals surface area contributed by atoms with Crippen LogP contribution >= 0.6 is 0 Å². The molecule has 0 rings (SSSR count). The molecule has 0 aliphatic carbocycles. The second-order valence-electron chi connectivity index (χ2n) is 3.13. The van der Waals surface area contributed by atoms with Crippen LogP contribution in [0, 0.1) is 5.92 Å². The summed E-state index contributed by atoms with van der Waals surface area (Å²) in [5.41, 5.74) is 1.53. The normalized spacial score (nSPS) is 15.4. The summed E-state index contributed by atoms with van der Waals surface area (Å²) in [6.45, 7) is 8.96. The van der Waals surface area contributed by atoms with E-state index in [4.69, 9.17) is 0 Å². The molecule has 0 amide bonds. The predicted molar refractivity (Wildman–Crippen MR) is 48.1 cm³/mol. The van der Waals surface area contributed by atoms with Gasteiger partial charge in [0.05, 0.1) is 0 Å². The zero-order chi connectivity index (χ0) is 7.98. The smallest absolute Gasteiger partial charge is 0.0259 e. The van der Waals surface area contributed by atoms with Crippen molar-refractivity contribution in [1.29, 1.82) is 0 Å². The standard InChI is InChI=1S/C10H20/c1-5-7-10(4)8-9(3)6-2/h8,10H,5-7H2,1-4H3/b9-8+. The van der Waals surface area contributed by atoms with Crippen LogP contribution in [-0.2, 0) is 0 Å². The molecule has 1 atom stereocenters. The molecular formula is C10H20. The van der Waals surface area contributed by atoms with Crippen molar-refractivity contribution >= 4 is 0 Å². The van der Waals surface area contributed by atoms with E-state index in [-0.39, 0.29) is 0 Å². The summed E-state index contributed by atoms with van der Waals surface area (Å²) in [6, 6.07) is 0. The summed E-state index contributed by atoms with van der Waals surface area (Å²) in [6.07, 6.45) is 6.23. The van der Waals surface area contributed by atoms with Crippen LogP contribution in [0.5, 0.6) is 0 Å². The number of hydrogen-bond donors (Lipinski definition) is 0. The van der Waals surface area contributed by atoms with Crippen molar-refractivity contribution in [3.8, 4) is 0 Å². The molecule has 0 radical (unpaired) electrons. The Bertz CT molecular complexity index is 101. The van der Waals surface area contributed by atoms with Crippen LogP contribution in [-0.4, -0.2) is 0 Å². The quantitative estimate of drug-likeness (QED) is 0.521. The average Bonchev–Trinajstić information content (AvgIpc) is 1.88. The molecule has 0 aliphatic rings. The Morgan fingerprint density at radius 3 is 2.40 bits per heavy atom. The minimum atomic E-state index is 0.782. The van der Waals surface area contributed by atoms with Crippen LogP contribution in [0.1, 0.15) is 47.0 Å². The van der Waals surface area contributed by atoms with Gasteiger partial charge in [0.1, 0.15) is 0 Å². The number of rotatable bonds is 4. The van der Waals surface area contributed by atoms with Crippen LogP contribution in [0.25, 0.3) is 0 Å². The first-order chi connectivity index (χ1) is 4.70. The third-order valence-electron chi connectivity index (χ3n) is 1.87. The Balaban J connectivity index is 3.62. The van der Waals surface area contributed by atoms with Crippen molar-refractivity contribution in [2.75, 3.05) is 0 Å². The maximum absolute atomic E-state index is 2.39. The third kappa shape index (κ3) is 4.60. The van der Waals surface area contributed by atoms with Gasteiger partial charge in [-0.2, -0.15) is 0 Å². The molecule has 0 saturated heterocycles. The Morgan fingerprint density at radius 2 is 2.00 bits per heavy atom. The van der Waals surface area contributed by atoms with E-state index in [9.17, 15) is 0 Å². The van der Waals surface area contributed by atoms with Gasteiger partial charge in [-0.05, 0) is 25.7 Å². The summed E-state index contributed by atoms with van der Waals surface area (Å²) in [7, 11) is 0. The van der Waals surface area contributed by atoms with Gasteiger partial charge in [-0.15, -0.1) is 0 Å². The number of allylic oxidation sites excluding steroid dienone is 2. The van der Waals surface area contributed by atoms with E-state index in [0.717, 1.165) is 5.92 Å². The van der Waals surface area contributed by atoms with Gasteiger partial charge >= 0.3 is 0 Å². The molecular weight excluding hydrogens is 120 g/mol. The van der Waals surface area contributed by atoms with Gasteiger partial charge in [-0.25, -0.2) is 0 Å². The van der Waals surface area contributed by atoms with Gasteiger partial charge < -0.3 is 0 Å². The van der Waals surface area contributed by atoms with Gasteiger partial charge in [0.25, 0.3) is 0 Å². The van der Waals surface area contributed by atoms with E-state index in [1.54, 1.807) is 0 Å². The Morgan fingerprint density at radius 1 is 1.40 bits per heavy atom. The molecule has 0 bridgehead atoms. The first-order valence-electron chi connectivity index (χ1n) is 4.38. The van der Waals surface area contributed by atoms with Crippen molar-refractivity contribution in [3.05, 3.63) is 11.6 Å². The lowest BCUT2D eigenvalue weighted by atomic mass is 10.0. The fourth-order valence-corrected chi connectivity index (χ4v) is 1.14. The number of hydrogen-bond acceptors (Lipinski definition) is 0. The molecule has 60 valence electrons. The lowest BCUT2D eigenvalue weighted by Gasteiger charge is -2.04. The molecule has 0 nitrogen and oxygen atoms in total. The molecule has 0 aromatic heterocycles. The highest BCUT2D eigenvalue weighted by Crippen LogP contribution is 2.10. The molecule has 0 N–H and O–H groups in total. The fourth-order valence-electron chi connectivity index (χ4n) is 1.14. The van der Waals surface area contributed by atoms with Crippen LogP contribution in [0.3, 0.4) is 0 Å². The zero-order valence-corrected chi connectivity index (χ0v) is 7.78. The van der Waals surface area contributed by atoms with Crippen molar-refractivity contribution in [2.24, 2.45) is 5.92 Å². The molecule has 1 unspecified atom stereocenters. The highest BCUT2D eigenvalue weighted by Gasteiger charge is 1.94. The fraction of sp³-hybridized carbons (Fsp3) is 0.800. The molecule has 0 spiro atoms. The maximum Gasteiger partial charge on any atom is -0.0259 e. The van der Waals surface area contributed by atoms with Crippen LogP contribution in [0.4, 0.5) is 0 Å². The summed E-state index contributed by atoms with van der Waals surface area (Å²) >= 11 is 0. The molecule has 0 fully saturated rings. The lowest BCUT2D eigenvalue weighted by molar-refractivity contribution is 0.628. The largest absolute Gasteiger partial charge is 0.0828 e. The SMILES string of the molecule is CCCC(C)/C=C(\C)CC. The molecule has 10 heavy (non-hydrogen) atoms. The van der Waals surface area contributed by atoms with Gasteiger partial charge in [0.15, 0.2) is 0 Å². The van der Waals surface area contributed by atoms with Crippen LogP contribution in [0.2, 0.25) is 0 Å². The minimum absolute atomic E-state index is 0.782. The van der Waals surface area contributed by atoms with Crippen LogP contribution < -0.4 is 0 Å².